The number of benzene rings is 3. The molecule has 4 aromatic rings. The molecule has 0 radical (unpaired) electrons. The molecule has 1 aliphatic heterocycles. The Morgan fingerprint density at radius 1 is 1.15 bits per heavy atom. The second-order valence-corrected chi connectivity index (χ2v) is 14.0. The maximum atomic E-state index is 14.3. The lowest BCUT2D eigenvalue weighted by Gasteiger charge is -2.30. The number of hydrogen-bond donors (Lipinski definition) is 0. The molecule has 47 heavy (non-hydrogen) atoms. The number of hydrogen-bond acceptors (Lipinski definition) is 7. The van der Waals surface area contributed by atoms with E-state index in [0.717, 1.165) is 28.8 Å². The van der Waals surface area contributed by atoms with Crippen LogP contribution in [-0.2, 0) is 45.6 Å². The number of esters is 1. The molecule has 13 heteroatoms. The number of rotatable bonds is 6. The van der Waals surface area contributed by atoms with Crippen molar-refractivity contribution in [2.75, 3.05) is 20.3 Å². The number of carbonyl (C=O) groups is 1. The smallest absolute Gasteiger partial charge is 0.416 e. The first-order chi connectivity index (χ1) is 22.2. The fourth-order valence-corrected chi connectivity index (χ4v) is 8.98. The molecule has 0 bridgehead atoms. The minimum atomic E-state index is -4.68. The summed E-state index contributed by atoms with van der Waals surface area (Å²) in [7, 11) is -1.03. The molecule has 0 fully saturated rings. The summed E-state index contributed by atoms with van der Waals surface area (Å²) >= 11 is 0. The summed E-state index contributed by atoms with van der Waals surface area (Å²) in [6, 6.07) is 9.78. The number of aryl methyl sites for hydroxylation is 2. The first-order valence-electron chi connectivity index (χ1n) is 15.4. The van der Waals surface area contributed by atoms with Gasteiger partial charge >= 0.3 is 12.1 Å². The topological polar surface area (TPSA) is 104 Å². The van der Waals surface area contributed by atoms with Crippen molar-refractivity contribution in [3.8, 4) is 5.75 Å². The van der Waals surface area contributed by atoms with E-state index in [-0.39, 0.29) is 24.0 Å². The number of fused-ring (bicyclic) bond motifs is 3. The van der Waals surface area contributed by atoms with Crippen LogP contribution in [0.2, 0.25) is 0 Å². The van der Waals surface area contributed by atoms with Crippen LogP contribution in [0.25, 0.3) is 16.6 Å². The van der Waals surface area contributed by atoms with Crippen LogP contribution in [0.1, 0.15) is 65.3 Å². The van der Waals surface area contributed by atoms with Crippen molar-refractivity contribution in [2.45, 2.75) is 57.1 Å². The summed E-state index contributed by atoms with van der Waals surface area (Å²) in [4.78, 5) is 12.6. The second kappa shape index (κ2) is 12.1. The van der Waals surface area contributed by atoms with Crippen LogP contribution in [0.15, 0.2) is 53.4 Å². The van der Waals surface area contributed by atoms with E-state index >= 15 is 0 Å². The lowest BCUT2D eigenvalue weighted by atomic mass is 9.89. The van der Waals surface area contributed by atoms with Gasteiger partial charge in [-0.1, -0.05) is 30.3 Å². The standard InChI is InChI=1S/C34H35F3N4O5S/c1-6-46-31(42)17-26(22-14-27-33(29(15-22)45-5)40(4)39-38-27)24-10-7-20(3)32-25(24)11-12-28(32)41-18-19(2)13-21-8-9-23(34(35,36)37)16-30(21)47(41,43)44/h7-10,14-17,19,28H,6,11-13,18H2,1-5H3/b26-17-/t19-,28?/m0/s1. The van der Waals surface area contributed by atoms with Crippen LogP contribution < -0.4 is 4.74 Å². The highest BCUT2D eigenvalue weighted by atomic mass is 32.2. The SMILES string of the molecule is CCOC(=O)/C=C(/c1cc(OC)c2c(c1)nnn2C)c1ccc(C)c2c1CCC2N1C[C@@H](C)Cc2ccc(C(F)(F)F)cc2S1(=O)=O. The molecule has 1 unspecified atom stereocenters. The van der Waals surface area contributed by atoms with Crippen LogP contribution in [0.4, 0.5) is 13.2 Å². The first kappa shape index (κ1) is 32.7. The van der Waals surface area contributed by atoms with Gasteiger partial charge in [0, 0.05) is 19.7 Å². The Morgan fingerprint density at radius 3 is 2.62 bits per heavy atom. The lowest BCUT2D eigenvalue weighted by molar-refractivity contribution is -0.138. The molecule has 0 saturated heterocycles. The van der Waals surface area contributed by atoms with Crippen LogP contribution in [0.5, 0.6) is 5.75 Å². The Labute approximate surface area is 271 Å². The average molecular weight is 669 g/mol. The predicted octanol–water partition coefficient (Wildman–Crippen LogP) is 6.17. The Bertz CT molecular complexity index is 2040. The van der Waals surface area contributed by atoms with Gasteiger partial charge in [-0.05, 0) is 102 Å². The van der Waals surface area contributed by atoms with Crippen molar-refractivity contribution in [3.05, 3.63) is 87.5 Å². The molecule has 2 aliphatic rings. The molecule has 2 atom stereocenters. The van der Waals surface area contributed by atoms with E-state index in [1.165, 1.54) is 23.6 Å². The Kier molecular flexibility index (Phi) is 8.41. The molecule has 3 aromatic carbocycles. The molecular formula is C34H35F3N4O5S. The van der Waals surface area contributed by atoms with E-state index in [2.05, 4.69) is 10.3 Å². The lowest BCUT2D eigenvalue weighted by Crippen LogP contribution is -2.36. The molecule has 0 spiro atoms. The minimum absolute atomic E-state index is 0.138. The van der Waals surface area contributed by atoms with Crippen molar-refractivity contribution < 1.29 is 35.9 Å². The minimum Gasteiger partial charge on any atom is -0.494 e. The van der Waals surface area contributed by atoms with E-state index in [0.29, 0.717) is 58.3 Å². The van der Waals surface area contributed by atoms with Gasteiger partial charge in [0.2, 0.25) is 10.0 Å². The van der Waals surface area contributed by atoms with Crippen LogP contribution in [-0.4, -0.2) is 53.9 Å². The zero-order chi connectivity index (χ0) is 33.8. The van der Waals surface area contributed by atoms with E-state index < -0.39 is 33.8 Å². The Balaban J connectivity index is 1.51. The third-order valence-electron chi connectivity index (χ3n) is 9.00. The van der Waals surface area contributed by atoms with Gasteiger partial charge < -0.3 is 9.47 Å². The number of methoxy groups -OCH3 is 1. The van der Waals surface area contributed by atoms with Gasteiger partial charge in [-0.15, -0.1) is 5.10 Å². The summed E-state index contributed by atoms with van der Waals surface area (Å²) in [5.41, 5.74) is 4.99. The van der Waals surface area contributed by atoms with Crippen molar-refractivity contribution in [2.24, 2.45) is 13.0 Å². The van der Waals surface area contributed by atoms with Crippen molar-refractivity contribution in [1.82, 2.24) is 19.3 Å². The monoisotopic (exact) mass is 668 g/mol. The molecule has 6 rings (SSSR count). The van der Waals surface area contributed by atoms with E-state index in [1.54, 1.807) is 24.7 Å². The molecule has 2 heterocycles. The van der Waals surface area contributed by atoms with Gasteiger partial charge in [0.05, 0.1) is 30.2 Å². The molecular weight excluding hydrogens is 633 g/mol. The molecule has 1 aromatic heterocycles. The largest absolute Gasteiger partial charge is 0.494 e. The zero-order valence-electron chi connectivity index (χ0n) is 26.7. The average Bonchev–Trinajstić information content (AvgIpc) is 3.60. The van der Waals surface area contributed by atoms with Crippen molar-refractivity contribution in [1.29, 1.82) is 0 Å². The van der Waals surface area contributed by atoms with Gasteiger partial charge in [-0.3, -0.25) is 0 Å². The van der Waals surface area contributed by atoms with Crippen LogP contribution >= 0.6 is 0 Å². The number of ether oxygens (including phenoxy) is 2. The zero-order valence-corrected chi connectivity index (χ0v) is 27.5. The fraction of sp³-hybridized carbons (Fsp3) is 0.382. The highest BCUT2D eigenvalue weighted by Crippen LogP contribution is 2.47. The van der Waals surface area contributed by atoms with Crippen LogP contribution in [0.3, 0.4) is 0 Å². The Hall–Kier alpha value is -4.23. The van der Waals surface area contributed by atoms with Crippen LogP contribution in [0, 0.1) is 12.8 Å². The molecule has 9 nitrogen and oxygen atoms in total. The van der Waals surface area contributed by atoms with Crippen molar-refractivity contribution in [3.63, 3.8) is 0 Å². The third kappa shape index (κ3) is 5.80. The van der Waals surface area contributed by atoms with Gasteiger partial charge in [-0.2, -0.15) is 17.5 Å². The van der Waals surface area contributed by atoms with Gasteiger partial charge in [0.1, 0.15) is 16.8 Å². The first-order valence-corrected chi connectivity index (χ1v) is 16.8. The second-order valence-electron chi connectivity index (χ2n) is 12.2. The number of halogens is 3. The summed E-state index contributed by atoms with van der Waals surface area (Å²) in [6.45, 7) is 5.84. The maximum Gasteiger partial charge on any atom is 0.416 e. The third-order valence-corrected chi connectivity index (χ3v) is 11.0. The molecule has 1 aliphatic carbocycles. The summed E-state index contributed by atoms with van der Waals surface area (Å²) in [5.74, 6) is -0.186. The van der Waals surface area contributed by atoms with E-state index in [4.69, 9.17) is 9.47 Å². The quantitative estimate of drug-likeness (QED) is 0.179. The predicted molar refractivity (Wildman–Crippen MR) is 169 cm³/mol. The molecule has 0 saturated carbocycles. The molecule has 0 N–H and O–H groups in total. The highest BCUT2D eigenvalue weighted by Gasteiger charge is 2.43. The number of alkyl halides is 3. The maximum absolute atomic E-state index is 14.3. The summed E-state index contributed by atoms with van der Waals surface area (Å²) in [6.07, 6.45) is -2.03. The summed E-state index contributed by atoms with van der Waals surface area (Å²) < 4.78 is 83.6. The number of nitrogens with zero attached hydrogens (tertiary/aromatic N) is 4. The number of sulfonamides is 1. The molecule has 0 amide bonds. The Morgan fingerprint density at radius 2 is 1.91 bits per heavy atom. The van der Waals surface area contributed by atoms with Crippen molar-refractivity contribution >= 4 is 32.6 Å². The number of aromatic nitrogens is 3. The highest BCUT2D eigenvalue weighted by molar-refractivity contribution is 7.89. The number of carbonyl (C=O) groups excluding carboxylic acids is 1. The van der Waals surface area contributed by atoms with Gasteiger partial charge in [-0.25, -0.2) is 17.9 Å². The normalized spacial score (nSPS) is 19.7. The fourth-order valence-electron chi connectivity index (χ4n) is 6.97. The molecule has 248 valence electrons. The van der Waals surface area contributed by atoms with E-state index in [9.17, 15) is 26.4 Å². The van der Waals surface area contributed by atoms with Gasteiger partial charge in [0.25, 0.3) is 0 Å². The van der Waals surface area contributed by atoms with E-state index in [1.807, 2.05) is 32.0 Å². The van der Waals surface area contributed by atoms with Gasteiger partial charge in [0.15, 0.2) is 0 Å². The summed E-state index contributed by atoms with van der Waals surface area (Å²) in [5, 5.41) is 8.37.